The van der Waals surface area contributed by atoms with Crippen molar-refractivity contribution in [2.45, 2.75) is 19.5 Å². The van der Waals surface area contributed by atoms with Gasteiger partial charge in [-0.25, -0.2) is 9.07 Å². The molecule has 0 saturated carbocycles. The van der Waals surface area contributed by atoms with Gasteiger partial charge < -0.3 is 9.88 Å². The van der Waals surface area contributed by atoms with Crippen LogP contribution in [0.15, 0.2) is 59.5 Å². The lowest BCUT2D eigenvalue weighted by Gasteiger charge is -2.17. The zero-order chi connectivity index (χ0) is 19.8. The number of para-hydroxylation sites is 1. The smallest absolute Gasteiger partial charge is 0.291 e. The summed E-state index contributed by atoms with van der Waals surface area (Å²) in [7, 11) is 1.58. The lowest BCUT2D eigenvalue weighted by atomic mass is 10.2. The quantitative estimate of drug-likeness (QED) is 0.594. The van der Waals surface area contributed by atoms with Crippen molar-refractivity contribution < 1.29 is 9.18 Å². The minimum absolute atomic E-state index is 0.0759. The van der Waals surface area contributed by atoms with Crippen LogP contribution in [0.25, 0.3) is 21.8 Å². The molecular formula is C21H19FN4O2. The summed E-state index contributed by atoms with van der Waals surface area (Å²) in [6.07, 6.45) is 1.64. The van der Waals surface area contributed by atoms with Crippen molar-refractivity contribution in [3.8, 4) is 0 Å². The second-order valence-corrected chi connectivity index (χ2v) is 6.71. The number of nitrogens with zero attached hydrogens (tertiary/aromatic N) is 3. The summed E-state index contributed by atoms with van der Waals surface area (Å²) >= 11 is 0. The monoisotopic (exact) mass is 378 g/mol. The highest BCUT2D eigenvalue weighted by atomic mass is 19.1. The SMILES string of the molecule is CC(C(=O)NCc1ccccc1F)n1c2ccccc2c2cnn(C)c(=O)c21. The highest BCUT2D eigenvalue weighted by molar-refractivity contribution is 6.08. The summed E-state index contributed by atoms with van der Waals surface area (Å²) in [6.45, 7) is 1.80. The van der Waals surface area contributed by atoms with Gasteiger partial charge in [-0.1, -0.05) is 36.4 Å². The van der Waals surface area contributed by atoms with Crippen molar-refractivity contribution in [2.24, 2.45) is 7.05 Å². The minimum atomic E-state index is -0.663. The maximum absolute atomic E-state index is 13.8. The van der Waals surface area contributed by atoms with Crippen LogP contribution in [-0.2, 0) is 18.4 Å². The first-order chi connectivity index (χ1) is 13.5. The number of amides is 1. The van der Waals surface area contributed by atoms with Gasteiger partial charge in [-0.15, -0.1) is 0 Å². The van der Waals surface area contributed by atoms with Crippen LogP contribution >= 0.6 is 0 Å². The fraction of sp³-hybridized carbons (Fsp3) is 0.190. The Balaban J connectivity index is 1.77. The maximum Gasteiger partial charge on any atom is 0.291 e. The van der Waals surface area contributed by atoms with Gasteiger partial charge in [0.25, 0.3) is 5.56 Å². The van der Waals surface area contributed by atoms with Crippen LogP contribution in [0.4, 0.5) is 4.39 Å². The Labute approximate surface area is 160 Å². The van der Waals surface area contributed by atoms with Crippen molar-refractivity contribution in [3.63, 3.8) is 0 Å². The number of hydrogen-bond acceptors (Lipinski definition) is 3. The lowest BCUT2D eigenvalue weighted by Crippen LogP contribution is -2.32. The summed E-state index contributed by atoms with van der Waals surface area (Å²) in [5.74, 6) is -0.669. The number of fused-ring (bicyclic) bond motifs is 3. The molecule has 4 aromatic rings. The Morgan fingerprint density at radius 2 is 1.86 bits per heavy atom. The van der Waals surface area contributed by atoms with E-state index >= 15 is 0 Å². The molecule has 1 unspecified atom stereocenters. The van der Waals surface area contributed by atoms with Crippen LogP contribution in [0.3, 0.4) is 0 Å². The van der Waals surface area contributed by atoms with Gasteiger partial charge in [-0.05, 0) is 19.1 Å². The first-order valence-corrected chi connectivity index (χ1v) is 8.95. The normalized spacial score (nSPS) is 12.4. The molecule has 1 atom stereocenters. The van der Waals surface area contributed by atoms with Gasteiger partial charge in [-0.2, -0.15) is 5.10 Å². The molecule has 7 heteroatoms. The number of hydrogen-bond donors (Lipinski definition) is 1. The molecule has 2 heterocycles. The van der Waals surface area contributed by atoms with E-state index in [1.165, 1.54) is 10.7 Å². The molecule has 6 nitrogen and oxygen atoms in total. The molecule has 0 spiro atoms. The molecule has 0 fully saturated rings. The van der Waals surface area contributed by atoms with Crippen molar-refractivity contribution in [2.75, 3.05) is 0 Å². The average molecular weight is 378 g/mol. The zero-order valence-electron chi connectivity index (χ0n) is 15.5. The predicted molar refractivity (Wildman–Crippen MR) is 105 cm³/mol. The molecule has 0 aliphatic rings. The molecule has 2 aromatic heterocycles. The molecule has 0 bridgehead atoms. The van der Waals surface area contributed by atoms with E-state index in [9.17, 15) is 14.0 Å². The van der Waals surface area contributed by atoms with Crippen molar-refractivity contribution >= 4 is 27.7 Å². The first kappa shape index (κ1) is 17.9. The molecule has 0 saturated heterocycles. The Morgan fingerprint density at radius 1 is 1.14 bits per heavy atom. The minimum Gasteiger partial charge on any atom is -0.350 e. The van der Waals surface area contributed by atoms with Crippen LogP contribution < -0.4 is 10.9 Å². The number of carbonyl (C=O) groups excluding carboxylic acids is 1. The number of rotatable bonds is 4. The third kappa shape index (κ3) is 2.85. The molecule has 2 aromatic carbocycles. The number of aryl methyl sites for hydroxylation is 1. The third-order valence-corrected chi connectivity index (χ3v) is 4.98. The number of aromatic nitrogens is 3. The molecule has 0 radical (unpaired) electrons. The van der Waals surface area contributed by atoms with E-state index in [1.807, 2.05) is 24.3 Å². The first-order valence-electron chi connectivity index (χ1n) is 8.95. The van der Waals surface area contributed by atoms with Gasteiger partial charge in [0.2, 0.25) is 5.91 Å². The number of carbonyl (C=O) groups is 1. The van der Waals surface area contributed by atoms with E-state index in [0.29, 0.717) is 16.5 Å². The topological polar surface area (TPSA) is 68.9 Å². The van der Waals surface area contributed by atoms with E-state index in [1.54, 1.807) is 42.9 Å². The van der Waals surface area contributed by atoms with E-state index in [2.05, 4.69) is 10.4 Å². The van der Waals surface area contributed by atoms with Crippen molar-refractivity contribution in [1.29, 1.82) is 0 Å². The van der Waals surface area contributed by atoms with Gasteiger partial charge in [0.15, 0.2) is 0 Å². The molecule has 28 heavy (non-hydrogen) atoms. The fourth-order valence-corrected chi connectivity index (χ4v) is 3.48. The summed E-state index contributed by atoms with van der Waals surface area (Å²) in [5.41, 5.74) is 1.33. The average Bonchev–Trinajstić information content (AvgIpc) is 3.04. The van der Waals surface area contributed by atoms with Crippen LogP contribution in [0.1, 0.15) is 18.5 Å². The second-order valence-electron chi connectivity index (χ2n) is 6.71. The van der Waals surface area contributed by atoms with Crippen LogP contribution in [0.5, 0.6) is 0 Å². The number of benzene rings is 2. The second kappa shape index (κ2) is 6.92. The summed E-state index contributed by atoms with van der Waals surface area (Å²) < 4.78 is 16.8. The number of halogens is 1. The van der Waals surface area contributed by atoms with Crippen LogP contribution in [0.2, 0.25) is 0 Å². The summed E-state index contributed by atoms with van der Waals surface area (Å²) in [5, 5.41) is 8.44. The maximum atomic E-state index is 13.8. The lowest BCUT2D eigenvalue weighted by molar-refractivity contribution is -0.123. The fourth-order valence-electron chi connectivity index (χ4n) is 3.48. The molecule has 1 N–H and O–H groups in total. The van der Waals surface area contributed by atoms with E-state index in [4.69, 9.17) is 0 Å². The van der Waals surface area contributed by atoms with Gasteiger partial charge in [0, 0.05) is 29.9 Å². The zero-order valence-corrected chi connectivity index (χ0v) is 15.5. The Morgan fingerprint density at radius 3 is 2.64 bits per heavy atom. The molecule has 0 aliphatic heterocycles. The number of nitrogens with one attached hydrogen (secondary N) is 1. The van der Waals surface area contributed by atoms with Crippen LogP contribution in [-0.4, -0.2) is 20.3 Å². The van der Waals surface area contributed by atoms with Gasteiger partial charge in [0.1, 0.15) is 17.4 Å². The van der Waals surface area contributed by atoms with Crippen molar-refractivity contribution in [3.05, 3.63) is 76.5 Å². The molecule has 0 aliphatic carbocycles. The van der Waals surface area contributed by atoms with Crippen molar-refractivity contribution in [1.82, 2.24) is 19.7 Å². The van der Waals surface area contributed by atoms with E-state index < -0.39 is 6.04 Å². The van der Waals surface area contributed by atoms with Crippen LogP contribution in [0, 0.1) is 5.82 Å². The summed E-state index contributed by atoms with van der Waals surface area (Å²) in [6, 6.07) is 13.2. The van der Waals surface area contributed by atoms with E-state index in [0.717, 1.165) is 10.9 Å². The Kier molecular flexibility index (Phi) is 4.43. The highest BCUT2D eigenvalue weighted by Gasteiger charge is 2.23. The highest BCUT2D eigenvalue weighted by Crippen LogP contribution is 2.29. The van der Waals surface area contributed by atoms with E-state index in [-0.39, 0.29) is 23.8 Å². The van der Waals surface area contributed by atoms with Gasteiger partial charge >= 0.3 is 0 Å². The Hall–Kier alpha value is -3.48. The molecule has 142 valence electrons. The molecular weight excluding hydrogens is 359 g/mol. The third-order valence-electron chi connectivity index (χ3n) is 4.98. The van der Waals surface area contributed by atoms with Gasteiger partial charge in [-0.3, -0.25) is 9.59 Å². The van der Waals surface area contributed by atoms with Gasteiger partial charge in [0.05, 0.1) is 11.7 Å². The predicted octanol–water partition coefficient (Wildman–Crippen LogP) is 2.90. The molecule has 1 amide bonds. The largest absolute Gasteiger partial charge is 0.350 e. The standard InChI is InChI=1S/C21H19FN4O2/c1-13(20(27)23-11-14-7-3-5-9-17(14)22)26-18-10-6-4-8-15(18)16-12-24-25(2)21(28)19(16)26/h3-10,12-13H,11H2,1-2H3,(H,23,27). The Bertz CT molecular complexity index is 1260. The summed E-state index contributed by atoms with van der Waals surface area (Å²) in [4.78, 5) is 25.6. The molecule has 4 rings (SSSR count).